The van der Waals surface area contributed by atoms with Gasteiger partial charge in [-0.15, -0.1) is 5.69 Å². The number of hydrogen-bond donors (Lipinski definition) is 0. The summed E-state index contributed by atoms with van der Waals surface area (Å²) in [4.78, 5) is 0. The van der Waals surface area contributed by atoms with Gasteiger partial charge in [0.05, 0.1) is 5.02 Å². The molecule has 1 nitrogen and oxygen atoms in total. The topological polar surface area (TPSA) is 23.8 Å². The Hall–Kier alpha value is 0.790. The first-order valence-corrected chi connectivity index (χ1v) is 4.54. The first-order valence-electron chi connectivity index (χ1n) is 3.37. The predicted octanol–water partition coefficient (Wildman–Crippen LogP) is 1.82. The predicted molar refractivity (Wildman–Crippen MR) is 54.5 cm³/mol. The van der Waals surface area contributed by atoms with Crippen molar-refractivity contribution >= 4 is 33.2 Å². The monoisotopic (exact) mass is 257 g/mol. The van der Waals surface area contributed by atoms with Gasteiger partial charge in [-0.05, 0) is 6.07 Å². The van der Waals surface area contributed by atoms with E-state index in [0.29, 0.717) is 15.2 Å². The summed E-state index contributed by atoms with van der Waals surface area (Å²) in [6.07, 6.45) is 0. The Kier molecular flexibility index (Phi) is 10.7. The van der Waals surface area contributed by atoms with Crippen LogP contribution in [0.15, 0.2) is 22.7 Å². The average Bonchev–Trinajstić information content (AvgIpc) is 2.04. The molecule has 0 unspecified atom stereocenters. The molecule has 1 rings (SSSR count). The molecule has 0 heterocycles. The minimum atomic E-state index is 0. The SMILES string of the molecule is CC.[NH-]c1cccc(Cl)c1Br.[Na+]. The van der Waals surface area contributed by atoms with Crippen LogP contribution in [0.5, 0.6) is 0 Å². The second kappa shape index (κ2) is 8.39. The fourth-order valence-corrected chi connectivity index (χ4v) is 0.943. The molecule has 0 radical (unpaired) electrons. The van der Waals surface area contributed by atoms with Crippen LogP contribution in [0.3, 0.4) is 0 Å². The smallest absolute Gasteiger partial charge is 0.698 e. The average molecular weight is 259 g/mol. The van der Waals surface area contributed by atoms with E-state index in [4.69, 9.17) is 17.3 Å². The molecule has 0 aromatic heterocycles. The van der Waals surface area contributed by atoms with E-state index in [1.54, 1.807) is 18.2 Å². The molecule has 0 aliphatic heterocycles. The standard InChI is InChI=1S/C6H4BrClN.C2H6.Na/c7-6-4(8)2-1-3-5(6)9;1-2;/h1-3,9H;1-2H3;/q-1;;+1. The van der Waals surface area contributed by atoms with Crippen LogP contribution in [0.25, 0.3) is 5.73 Å². The quantitative estimate of drug-likeness (QED) is 0.634. The number of halogens is 2. The van der Waals surface area contributed by atoms with Crippen LogP contribution in [0.2, 0.25) is 5.02 Å². The third kappa shape index (κ3) is 4.73. The summed E-state index contributed by atoms with van der Waals surface area (Å²) in [6.45, 7) is 4.00. The number of nitrogens with one attached hydrogen (secondary N) is 1. The largest absolute Gasteiger partial charge is 1.00 e. The van der Waals surface area contributed by atoms with Crippen molar-refractivity contribution in [2.24, 2.45) is 0 Å². The second-order valence-electron chi connectivity index (χ2n) is 1.60. The van der Waals surface area contributed by atoms with Crippen LogP contribution in [0, 0.1) is 0 Å². The van der Waals surface area contributed by atoms with Crippen molar-refractivity contribution in [2.75, 3.05) is 0 Å². The number of rotatable bonds is 0. The van der Waals surface area contributed by atoms with Crippen LogP contribution < -0.4 is 29.6 Å². The third-order valence-electron chi connectivity index (χ3n) is 0.952. The van der Waals surface area contributed by atoms with E-state index < -0.39 is 0 Å². The molecule has 1 N–H and O–H groups in total. The summed E-state index contributed by atoms with van der Waals surface area (Å²) in [7, 11) is 0. The molecule has 1 aromatic rings. The molecule has 0 saturated carbocycles. The van der Waals surface area contributed by atoms with Crippen molar-refractivity contribution in [3.63, 3.8) is 0 Å². The van der Waals surface area contributed by atoms with Gasteiger partial charge in [0.1, 0.15) is 0 Å². The second-order valence-corrected chi connectivity index (χ2v) is 2.80. The molecule has 0 saturated heterocycles. The maximum atomic E-state index is 7.23. The summed E-state index contributed by atoms with van der Waals surface area (Å²) >= 11 is 8.81. The zero-order valence-electron chi connectivity index (χ0n) is 7.49. The van der Waals surface area contributed by atoms with Gasteiger partial charge in [0.15, 0.2) is 0 Å². The van der Waals surface area contributed by atoms with Crippen molar-refractivity contribution in [1.82, 2.24) is 0 Å². The summed E-state index contributed by atoms with van der Waals surface area (Å²) in [5.74, 6) is 0. The van der Waals surface area contributed by atoms with Crippen molar-refractivity contribution in [3.05, 3.63) is 33.4 Å². The zero-order valence-corrected chi connectivity index (χ0v) is 11.8. The molecule has 1 aromatic carbocycles. The normalized spacial score (nSPS) is 7.67. The molecular formula is C8H10BrClNNa. The summed E-state index contributed by atoms with van der Waals surface area (Å²) < 4.78 is 0.659. The van der Waals surface area contributed by atoms with Crippen molar-refractivity contribution in [1.29, 1.82) is 0 Å². The Labute approximate surface area is 109 Å². The van der Waals surface area contributed by atoms with Gasteiger partial charge in [-0.25, -0.2) is 0 Å². The van der Waals surface area contributed by atoms with Gasteiger partial charge in [-0.3, -0.25) is 0 Å². The van der Waals surface area contributed by atoms with Gasteiger partial charge < -0.3 is 5.73 Å². The minimum Gasteiger partial charge on any atom is -0.698 e. The van der Waals surface area contributed by atoms with Crippen LogP contribution >= 0.6 is 27.5 Å². The molecule has 62 valence electrons. The van der Waals surface area contributed by atoms with E-state index in [2.05, 4.69) is 15.9 Å². The molecule has 0 fully saturated rings. The van der Waals surface area contributed by atoms with Crippen LogP contribution in [0.4, 0.5) is 5.69 Å². The Morgan fingerprint density at radius 2 is 1.83 bits per heavy atom. The minimum absolute atomic E-state index is 0. The van der Waals surface area contributed by atoms with E-state index in [1.807, 2.05) is 13.8 Å². The van der Waals surface area contributed by atoms with E-state index in [1.165, 1.54) is 0 Å². The molecule has 0 aliphatic carbocycles. The Morgan fingerprint density at radius 3 is 2.17 bits per heavy atom. The molecule has 4 heteroatoms. The van der Waals surface area contributed by atoms with Crippen molar-refractivity contribution < 1.29 is 29.6 Å². The van der Waals surface area contributed by atoms with Gasteiger partial charge in [0.25, 0.3) is 0 Å². The van der Waals surface area contributed by atoms with E-state index in [9.17, 15) is 0 Å². The van der Waals surface area contributed by atoms with Crippen molar-refractivity contribution in [2.45, 2.75) is 13.8 Å². The van der Waals surface area contributed by atoms with Gasteiger partial charge in [-0.2, -0.15) is 0 Å². The van der Waals surface area contributed by atoms with E-state index in [-0.39, 0.29) is 29.6 Å². The molecule has 0 spiro atoms. The van der Waals surface area contributed by atoms with E-state index >= 15 is 0 Å². The van der Waals surface area contributed by atoms with Crippen molar-refractivity contribution in [3.8, 4) is 0 Å². The van der Waals surface area contributed by atoms with Crippen LogP contribution in [-0.4, -0.2) is 0 Å². The molecule has 0 bridgehead atoms. The molecule has 0 atom stereocenters. The number of hydrogen-bond acceptors (Lipinski definition) is 0. The summed E-state index contributed by atoms with van der Waals surface area (Å²) in [5.41, 5.74) is 7.65. The van der Waals surface area contributed by atoms with Crippen LogP contribution in [0.1, 0.15) is 13.8 Å². The molecule has 0 amide bonds. The van der Waals surface area contributed by atoms with Crippen LogP contribution in [-0.2, 0) is 0 Å². The summed E-state index contributed by atoms with van der Waals surface area (Å²) in [6, 6.07) is 5.16. The molecule has 12 heavy (non-hydrogen) atoms. The summed E-state index contributed by atoms with van der Waals surface area (Å²) in [5, 5.41) is 0.586. The maximum Gasteiger partial charge on any atom is 1.00 e. The van der Waals surface area contributed by atoms with E-state index in [0.717, 1.165) is 0 Å². The fraction of sp³-hybridized carbons (Fsp3) is 0.250. The number of benzene rings is 1. The fourth-order valence-electron chi connectivity index (χ4n) is 0.504. The molecule has 0 aliphatic rings. The maximum absolute atomic E-state index is 7.23. The Morgan fingerprint density at radius 1 is 1.33 bits per heavy atom. The Balaban J connectivity index is 0. The first kappa shape index (κ1) is 15.3. The Bertz CT molecular complexity index is 210. The molecular weight excluding hydrogens is 248 g/mol. The van der Waals surface area contributed by atoms with Gasteiger partial charge in [0, 0.05) is 4.47 Å². The van der Waals surface area contributed by atoms with Gasteiger partial charge in [0.2, 0.25) is 0 Å². The zero-order chi connectivity index (χ0) is 8.85. The first-order chi connectivity index (χ1) is 5.22. The van der Waals surface area contributed by atoms with Gasteiger partial charge >= 0.3 is 29.6 Å². The third-order valence-corrected chi connectivity index (χ3v) is 2.35. The van der Waals surface area contributed by atoms with Gasteiger partial charge in [-0.1, -0.05) is 53.5 Å².